The molecular weight excluding hydrogens is 299 g/mol. The van der Waals surface area contributed by atoms with Gasteiger partial charge in [0.2, 0.25) is 0 Å². The molecule has 0 aromatic heterocycles. The van der Waals surface area contributed by atoms with Crippen molar-refractivity contribution in [2.24, 2.45) is 11.7 Å². The topological polar surface area (TPSA) is 55.6 Å². The van der Waals surface area contributed by atoms with Crippen LogP contribution in [0, 0.1) is 5.92 Å². The normalized spacial score (nSPS) is 18.4. The van der Waals surface area contributed by atoms with E-state index >= 15 is 0 Å². The minimum absolute atomic E-state index is 0. The Morgan fingerprint density at radius 2 is 2.30 bits per heavy atom. The third kappa shape index (κ3) is 3.78. The molecule has 0 saturated carbocycles. The van der Waals surface area contributed by atoms with Gasteiger partial charge in [-0.3, -0.25) is 4.79 Å². The summed E-state index contributed by atoms with van der Waals surface area (Å²) in [5.74, 6) is 0.921. The molecule has 1 aliphatic rings. The number of nitrogens with two attached hydrogens (primary N) is 1. The molecule has 1 aromatic rings. The van der Waals surface area contributed by atoms with Gasteiger partial charge in [0.1, 0.15) is 5.75 Å². The molecule has 1 fully saturated rings. The smallest absolute Gasteiger partial charge is 0.257 e. The zero-order chi connectivity index (χ0) is 13.8. The maximum Gasteiger partial charge on any atom is 0.257 e. The summed E-state index contributed by atoms with van der Waals surface area (Å²) in [6.07, 6.45) is 2.09. The van der Waals surface area contributed by atoms with Crippen LogP contribution in [0.5, 0.6) is 5.75 Å². The Kier molecular flexibility index (Phi) is 6.59. The van der Waals surface area contributed by atoms with E-state index < -0.39 is 0 Å². The number of amides is 1. The number of ether oxygens (including phenoxy) is 1. The van der Waals surface area contributed by atoms with E-state index in [1.165, 1.54) is 0 Å². The summed E-state index contributed by atoms with van der Waals surface area (Å²) in [5.41, 5.74) is 6.22. The highest BCUT2D eigenvalue weighted by Gasteiger charge is 2.25. The Bertz CT molecular complexity index is 468. The maximum atomic E-state index is 12.5. The third-order valence-electron chi connectivity index (χ3n) is 3.53. The van der Waals surface area contributed by atoms with E-state index in [1.807, 2.05) is 4.90 Å². The van der Waals surface area contributed by atoms with Crippen LogP contribution in [0.15, 0.2) is 18.2 Å². The summed E-state index contributed by atoms with van der Waals surface area (Å²) in [6, 6.07) is 5.10. The number of piperidine rings is 1. The molecular formula is C14H20Cl2N2O2. The molecule has 0 bridgehead atoms. The fraction of sp³-hybridized carbons (Fsp3) is 0.500. The molecule has 1 amide bonds. The van der Waals surface area contributed by atoms with Gasteiger partial charge in [-0.2, -0.15) is 0 Å². The van der Waals surface area contributed by atoms with E-state index in [2.05, 4.69) is 0 Å². The largest absolute Gasteiger partial charge is 0.496 e. The van der Waals surface area contributed by atoms with Crippen LogP contribution in [0.3, 0.4) is 0 Å². The molecule has 0 aliphatic carbocycles. The minimum atomic E-state index is -0.0301. The zero-order valence-corrected chi connectivity index (χ0v) is 13.0. The van der Waals surface area contributed by atoms with Crippen LogP contribution in [0.2, 0.25) is 5.02 Å². The van der Waals surface area contributed by atoms with E-state index in [0.29, 0.717) is 35.3 Å². The quantitative estimate of drug-likeness (QED) is 0.932. The molecule has 1 heterocycles. The summed E-state index contributed by atoms with van der Waals surface area (Å²) >= 11 is 5.97. The second kappa shape index (κ2) is 7.72. The maximum absolute atomic E-state index is 12.5. The molecule has 2 N–H and O–H groups in total. The van der Waals surface area contributed by atoms with E-state index in [4.69, 9.17) is 22.1 Å². The van der Waals surface area contributed by atoms with Crippen molar-refractivity contribution in [3.05, 3.63) is 28.8 Å². The Balaban J connectivity index is 0.00000200. The Morgan fingerprint density at radius 1 is 1.55 bits per heavy atom. The predicted octanol–water partition coefficient (Wildman–Crippen LogP) is 2.58. The number of rotatable bonds is 3. The number of benzene rings is 1. The summed E-state index contributed by atoms with van der Waals surface area (Å²) in [5, 5.41) is 0.538. The second-order valence-corrected chi connectivity index (χ2v) is 5.28. The van der Waals surface area contributed by atoms with E-state index in [0.717, 1.165) is 19.4 Å². The lowest BCUT2D eigenvalue weighted by Gasteiger charge is -2.32. The van der Waals surface area contributed by atoms with Crippen molar-refractivity contribution in [1.29, 1.82) is 0 Å². The van der Waals surface area contributed by atoms with Gasteiger partial charge in [0.05, 0.1) is 12.7 Å². The van der Waals surface area contributed by atoms with Gasteiger partial charge in [-0.25, -0.2) is 0 Å². The first kappa shape index (κ1) is 17.1. The lowest BCUT2D eigenvalue weighted by Crippen LogP contribution is -2.42. The van der Waals surface area contributed by atoms with Crippen molar-refractivity contribution < 1.29 is 9.53 Å². The van der Waals surface area contributed by atoms with E-state index in [9.17, 15) is 4.79 Å². The van der Waals surface area contributed by atoms with Crippen LogP contribution in [-0.4, -0.2) is 37.6 Å². The van der Waals surface area contributed by atoms with Crippen molar-refractivity contribution in [2.45, 2.75) is 12.8 Å². The van der Waals surface area contributed by atoms with Gasteiger partial charge in [0.15, 0.2) is 0 Å². The number of hydrogen-bond donors (Lipinski definition) is 1. The van der Waals surface area contributed by atoms with Crippen LogP contribution in [0.4, 0.5) is 0 Å². The first-order valence-corrected chi connectivity index (χ1v) is 6.86. The molecule has 1 aliphatic heterocycles. The molecule has 1 unspecified atom stereocenters. The molecule has 0 spiro atoms. The molecule has 1 atom stereocenters. The Hall–Kier alpha value is -0.970. The van der Waals surface area contributed by atoms with Crippen LogP contribution >= 0.6 is 24.0 Å². The van der Waals surface area contributed by atoms with Crippen LogP contribution in [0.1, 0.15) is 23.2 Å². The Morgan fingerprint density at radius 3 is 2.95 bits per heavy atom. The van der Waals surface area contributed by atoms with Crippen molar-refractivity contribution in [1.82, 2.24) is 4.90 Å². The first-order chi connectivity index (χ1) is 9.15. The number of likely N-dealkylation sites (tertiary alicyclic amines) is 1. The van der Waals surface area contributed by atoms with Gasteiger partial charge in [-0.15, -0.1) is 12.4 Å². The molecule has 0 radical (unpaired) electrons. The van der Waals surface area contributed by atoms with Crippen molar-refractivity contribution >= 4 is 29.9 Å². The van der Waals surface area contributed by atoms with Gasteiger partial charge >= 0.3 is 0 Å². The zero-order valence-electron chi connectivity index (χ0n) is 11.5. The highest BCUT2D eigenvalue weighted by Crippen LogP contribution is 2.26. The monoisotopic (exact) mass is 318 g/mol. The van der Waals surface area contributed by atoms with E-state index in [1.54, 1.807) is 25.3 Å². The molecule has 20 heavy (non-hydrogen) atoms. The number of nitrogens with zero attached hydrogens (tertiary/aromatic N) is 1. The van der Waals surface area contributed by atoms with Gasteiger partial charge < -0.3 is 15.4 Å². The summed E-state index contributed by atoms with van der Waals surface area (Å²) in [6.45, 7) is 2.10. The average Bonchev–Trinajstić information content (AvgIpc) is 2.46. The second-order valence-electron chi connectivity index (χ2n) is 4.84. The average molecular weight is 319 g/mol. The number of carbonyl (C=O) groups excluding carboxylic acids is 1. The minimum Gasteiger partial charge on any atom is -0.496 e. The number of halogens is 2. The van der Waals surface area contributed by atoms with Crippen molar-refractivity contribution in [2.75, 3.05) is 26.7 Å². The number of carbonyl (C=O) groups is 1. The highest BCUT2D eigenvalue weighted by atomic mass is 35.5. The third-order valence-corrected chi connectivity index (χ3v) is 3.77. The summed E-state index contributed by atoms with van der Waals surface area (Å²) < 4.78 is 5.23. The summed E-state index contributed by atoms with van der Waals surface area (Å²) in [4.78, 5) is 14.4. The molecule has 6 heteroatoms. The molecule has 2 rings (SSSR count). The van der Waals surface area contributed by atoms with Gasteiger partial charge in [0.25, 0.3) is 5.91 Å². The fourth-order valence-corrected chi connectivity index (χ4v) is 2.63. The number of hydrogen-bond acceptors (Lipinski definition) is 3. The standard InChI is InChI=1S/C14H19ClN2O2.ClH/c1-19-13-5-4-11(15)7-12(13)14(18)17-6-2-3-10(8-16)9-17;/h4-5,7,10H,2-3,6,8-9,16H2,1H3;1H. The first-order valence-electron chi connectivity index (χ1n) is 6.48. The van der Waals surface area contributed by atoms with Crippen LogP contribution in [0.25, 0.3) is 0 Å². The van der Waals surface area contributed by atoms with Crippen molar-refractivity contribution in [3.8, 4) is 5.75 Å². The van der Waals surface area contributed by atoms with Crippen molar-refractivity contribution in [3.63, 3.8) is 0 Å². The van der Waals surface area contributed by atoms with Gasteiger partial charge in [-0.05, 0) is 43.5 Å². The fourth-order valence-electron chi connectivity index (χ4n) is 2.46. The molecule has 112 valence electrons. The lowest BCUT2D eigenvalue weighted by molar-refractivity contribution is 0.0675. The SMILES string of the molecule is COc1ccc(Cl)cc1C(=O)N1CCCC(CN)C1.Cl. The Labute approximate surface area is 130 Å². The highest BCUT2D eigenvalue weighted by molar-refractivity contribution is 6.31. The van der Waals surface area contributed by atoms with Crippen LogP contribution < -0.4 is 10.5 Å². The lowest BCUT2D eigenvalue weighted by atomic mass is 9.97. The number of methoxy groups -OCH3 is 1. The molecule has 1 saturated heterocycles. The molecule has 1 aromatic carbocycles. The van der Waals surface area contributed by atoms with E-state index in [-0.39, 0.29) is 18.3 Å². The van der Waals surface area contributed by atoms with Gasteiger partial charge in [-0.1, -0.05) is 11.6 Å². The van der Waals surface area contributed by atoms with Gasteiger partial charge in [0, 0.05) is 18.1 Å². The summed E-state index contributed by atoms with van der Waals surface area (Å²) in [7, 11) is 1.55. The molecule has 4 nitrogen and oxygen atoms in total. The van der Waals surface area contributed by atoms with Crippen LogP contribution in [-0.2, 0) is 0 Å². The predicted molar refractivity (Wildman–Crippen MR) is 82.9 cm³/mol.